The van der Waals surface area contributed by atoms with Crippen molar-refractivity contribution in [3.8, 4) is 5.75 Å². The Balaban J connectivity index is 3.07. The second-order valence-electron chi connectivity index (χ2n) is 4.42. The van der Waals surface area contributed by atoms with Gasteiger partial charge in [0, 0.05) is 12.1 Å². The molecule has 0 aromatic heterocycles. The molecule has 1 amide bonds. The summed E-state index contributed by atoms with van der Waals surface area (Å²) < 4.78 is 5.50. The predicted molar refractivity (Wildman–Crippen MR) is 76.4 cm³/mol. The molecule has 1 aromatic rings. The zero-order chi connectivity index (χ0) is 15.3. The number of aliphatic carboxylic acids is 1. The van der Waals surface area contributed by atoms with Crippen molar-refractivity contribution in [3.05, 3.63) is 28.8 Å². The lowest BCUT2D eigenvalue weighted by molar-refractivity contribution is -0.141. The molecule has 0 saturated heterocycles. The van der Waals surface area contributed by atoms with Crippen molar-refractivity contribution in [1.82, 2.24) is 4.90 Å². The van der Waals surface area contributed by atoms with E-state index in [9.17, 15) is 9.59 Å². The Morgan fingerprint density at radius 1 is 1.45 bits per heavy atom. The maximum Gasteiger partial charge on any atom is 0.326 e. The van der Waals surface area contributed by atoms with E-state index in [0.29, 0.717) is 17.4 Å². The third-order valence-corrected chi connectivity index (χ3v) is 3.13. The van der Waals surface area contributed by atoms with Crippen molar-refractivity contribution < 1.29 is 19.4 Å². The second-order valence-corrected chi connectivity index (χ2v) is 4.86. The summed E-state index contributed by atoms with van der Waals surface area (Å²) in [7, 11) is 1.44. The molecule has 5 nitrogen and oxygen atoms in total. The number of hydrogen-bond donors (Lipinski definition) is 1. The summed E-state index contributed by atoms with van der Waals surface area (Å²) >= 11 is 5.90. The van der Waals surface area contributed by atoms with Crippen molar-refractivity contribution in [1.29, 1.82) is 0 Å². The molecular formula is C14H18ClNO4. The Bertz CT molecular complexity index is 504. The van der Waals surface area contributed by atoms with Gasteiger partial charge in [-0.1, -0.05) is 18.5 Å². The third-order valence-electron chi connectivity index (χ3n) is 2.89. The molecule has 0 radical (unpaired) electrons. The van der Waals surface area contributed by atoms with E-state index in [1.165, 1.54) is 20.0 Å². The van der Waals surface area contributed by atoms with Gasteiger partial charge in [0.1, 0.15) is 11.8 Å². The summed E-state index contributed by atoms with van der Waals surface area (Å²) in [6.07, 6.45) is 0.803. The topological polar surface area (TPSA) is 66.8 Å². The van der Waals surface area contributed by atoms with Crippen LogP contribution in [0, 0.1) is 0 Å². The van der Waals surface area contributed by atoms with Gasteiger partial charge in [0.15, 0.2) is 0 Å². The fourth-order valence-electron chi connectivity index (χ4n) is 1.54. The smallest absolute Gasteiger partial charge is 0.326 e. The molecule has 0 bridgehead atoms. The molecule has 0 aliphatic heterocycles. The van der Waals surface area contributed by atoms with Gasteiger partial charge in [-0.25, -0.2) is 4.79 Å². The summed E-state index contributed by atoms with van der Waals surface area (Å²) in [6.45, 7) is 3.87. The van der Waals surface area contributed by atoms with Crippen molar-refractivity contribution in [2.75, 3.05) is 13.7 Å². The van der Waals surface area contributed by atoms with E-state index in [2.05, 4.69) is 0 Å². The van der Waals surface area contributed by atoms with Crippen LogP contribution in [0.1, 0.15) is 30.6 Å². The van der Waals surface area contributed by atoms with Gasteiger partial charge in [0.2, 0.25) is 0 Å². The lowest BCUT2D eigenvalue weighted by Gasteiger charge is -2.22. The predicted octanol–water partition coefficient (Wildman–Crippen LogP) is 2.67. The number of ether oxygens (including phenoxy) is 1. The van der Waals surface area contributed by atoms with E-state index in [1.807, 2.05) is 6.92 Å². The van der Waals surface area contributed by atoms with Crippen LogP contribution >= 0.6 is 11.6 Å². The van der Waals surface area contributed by atoms with Gasteiger partial charge in [-0.05, 0) is 31.5 Å². The Morgan fingerprint density at radius 2 is 2.10 bits per heavy atom. The number of rotatable bonds is 6. The molecule has 1 atom stereocenters. The second kappa shape index (κ2) is 7.14. The molecule has 1 N–H and O–H groups in total. The number of carbonyl (C=O) groups excluding carboxylic acids is 1. The van der Waals surface area contributed by atoms with E-state index in [0.717, 1.165) is 11.3 Å². The SMILES string of the molecule is CCCOc1ccc(Cl)cc1C(=O)N(C)C(C)C(=O)O. The highest BCUT2D eigenvalue weighted by Crippen LogP contribution is 2.25. The van der Waals surface area contributed by atoms with Crippen molar-refractivity contribution >= 4 is 23.5 Å². The number of nitrogens with zero attached hydrogens (tertiary/aromatic N) is 1. The van der Waals surface area contributed by atoms with E-state index in [4.69, 9.17) is 21.4 Å². The van der Waals surface area contributed by atoms with E-state index < -0.39 is 17.9 Å². The maximum absolute atomic E-state index is 12.4. The van der Waals surface area contributed by atoms with Gasteiger partial charge < -0.3 is 14.7 Å². The molecule has 1 rings (SSSR count). The fraction of sp³-hybridized carbons (Fsp3) is 0.429. The lowest BCUT2D eigenvalue weighted by atomic mass is 10.1. The summed E-state index contributed by atoms with van der Waals surface area (Å²) in [5.41, 5.74) is 0.265. The van der Waals surface area contributed by atoms with Crippen LogP contribution < -0.4 is 4.74 Å². The molecule has 1 aromatic carbocycles. The monoisotopic (exact) mass is 299 g/mol. The first-order chi connectivity index (χ1) is 9.38. The highest BCUT2D eigenvalue weighted by Gasteiger charge is 2.25. The van der Waals surface area contributed by atoms with Crippen LogP contribution in [0.25, 0.3) is 0 Å². The van der Waals surface area contributed by atoms with Gasteiger partial charge in [-0.2, -0.15) is 0 Å². The van der Waals surface area contributed by atoms with Crippen LogP contribution in [-0.4, -0.2) is 41.6 Å². The number of likely N-dealkylation sites (N-methyl/N-ethyl adjacent to an activating group) is 1. The van der Waals surface area contributed by atoms with Crippen LogP contribution in [0.4, 0.5) is 0 Å². The van der Waals surface area contributed by atoms with Crippen molar-refractivity contribution in [2.45, 2.75) is 26.3 Å². The Hall–Kier alpha value is -1.75. The maximum atomic E-state index is 12.4. The van der Waals surface area contributed by atoms with Gasteiger partial charge in [-0.3, -0.25) is 4.79 Å². The van der Waals surface area contributed by atoms with E-state index >= 15 is 0 Å². The van der Waals surface area contributed by atoms with Crippen LogP contribution in [0.15, 0.2) is 18.2 Å². The molecular weight excluding hydrogens is 282 g/mol. The summed E-state index contributed by atoms with van der Waals surface area (Å²) in [5, 5.41) is 9.36. The van der Waals surface area contributed by atoms with E-state index in [1.54, 1.807) is 12.1 Å². The van der Waals surface area contributed by atoms with Crippen LogP contribution in [-0.2, 0) is 4.79 Å². The molecule has 0 aliphatic carbocycles. The van der Waals surface area contributed by atoms with Gasteiger partial charge in [0.05, 0.1) is 12.2 Å². The quantitative estimate of drug-likeness (QED) is 0.877. The number of carbonyl (C=O) groups is 2. The molecule has 1 unspecified atom stereocenters. The molecule has 0 heterocycles. The first-order valence-corrected chi connectivity index (χ1v) is 6.68. The zero-order valence-corrected chi connectivity index (χ0v) is 12.5. The molecule has 0 saturated carbocycles. The lowest BCUT2D eigenvalue weighted by Crippen LogP contribution is -2.40. The highest BCUT2D eigenvalue weighted by atomic mass is 35.5. The number of benzene rings is 1. The standard InChI is InChI=1S/C14H18ClNO4/c1-4-7-20-12-6-5-10(15)8-11(12)13(17)16(3)9(2)14(18)19/h5-6,8-9H,4,7H2,1-3H3,(H,18,19). The summed E-state index contributed by atoms with van der Waals surface area (Å²) in [6, 6.07) is 3.80. The Morgan fingerprint density at radius 3 is 2.65 bits per heavy atom. The number of amides is 1. The molecule has 110 valence electrons. The van der Waals surface area contributed by atoms with Gasteiger partial charge >= 0.3 is 5.97 Å². The Kier molecular flexibility index (Phi) is 5.82. The van der Waals surface area contributed by atoms with Gasteiger partial charge in [-0.15, -0.1) is 0 Å². The normalized spacial score (nSPS) is 11.8. The summed E-state index contributed by atoms with van der Waals surface area (Å²) in [5.74, 6) is -1.10. The Labute approximate surface area is 123 Å². The van der Waals surface area contributed by atoms with E-state index in [-0.39, 0.29) is 5.56 Å². The molecule has 20 heavy (non-hydrogen) atoms. The minimum atomic E-state index is -1.07. The summed E-state index contributed by atoms with van der Waals surface area (Å²) in [4.78, 5) is 24.4. The molecule has 0 fully saturated rings. The zero-order valence-electron chi connectivity index (χ0n) is 11.7. The fourth-order valence-corrected chi connectivity index (χ4v) is 1.71. The minimum absolute atomic E-state index is 0.265. The molecule has 0 spiro atoms. The average molecular weight is 300 g/mol. The minimum Gasteiger partial charge on any atom is -0.493 e. The first kappa shape index (κ1) is 16.3. The third kappa shape index (κ3) is 3.87. The average Bonchev–Trinajstić information content (AvgIpc) is 2.43. The van der Waals surface area contributed by atoms with Gasteiger partial charge in [0.25, 0.3) is 5.91 Å². The van der Waals surface area contributed by atoms with Crippen molar-refractivity contribution in [2.24, 2.45) is 0 Å². The molecule has 6 heteroatoms. The number of carboxylic acids is 1. The first-order valence-electron chi connectivity index (χ1n) is 6.30. The highest BCUT2D eigenvalue weighted by molar-refractivity contribution is 6.31. The van der Waals surface area contributed by atoms with Crippen molar-refractivity contribution in [3.63, 3.8) is 0 Å². The van der Waals surface area contributed by atoms with Crippen LogP contribution in [0.5, 0.6) is 5.75 Å². The largest absolute Gasteiger partial charge is 0.493 e. The molecule has 0 aliphatic rings. The number of hydrogen-bond acceptors (Lipinski definition) is 3. The van der Waals surface area contributed by atoms with Crippen LogP contribution in [0.3, 0.4) is 0 Å². The van der Waals surface area contributed by atoms with Crippen LogP contribution in [0.2, 0.25) is 5.02 Å². The number of halogens is 1. The number of carboxylic acid groups (broad SMARTS) is 1.